The van der Waals surface area contributed by atoms with Crippen molar-refractivity contribution in [3.8, 4) is 0 Å². The van der Waals surface area contributed by atoms with Gasteiger partial charge in [-0.15, -0.1) is 0 Å². The number of aromatic amines is 1. The zero-order valence-electron chi connectivity index (χ0n) is 37.4. The molecule has 1 aromatic rings. The van der Waals surface area contributed by atoms with E-state index in [1.165, 1.54) is 18.9 Å². The molecule has 17 atom stereocenters. The Balaban J connectivity index is 1.24. The quantitative estimate of drug-likeness (QED) is 0.114. The van der Waals surface area contributed by atoms with Gasteiger partial charge in [-0.1, -0.05) is 68.3 Å². The largest absolute Gasteiger partial charge is 0.455 e. The van der Waals surface area contributed by atoms with Gasteiger partial charge in [-0.2, -0.15) is 0 Å². The molecule has 20 heteroatoms. The highest BCUT2D eigenvalue weighted by Gasteiger charge is 2.62. The molecule has 17 unspecified atom stereocenters. The number of hydrogen-bond donors (Lipinski definition) is 5. The first-order valence-corrected chi connectivity index (χ1v) is 22.3. The smallest absolute Gasteiger partial charge is 0.405 e. The molecule has 64 heavy (non-hydrogen) atoms. The molecule has 1 aromatic heterocycles. The normalized spacial score (nSPS) is 38.2. The minimum absolute atomic E-state index is 0.000598. The Kier molecular flexibility index (Phi) is 14.8. The highest BCUT2D eigenvalue weighted by Crippen LogP contribution is 2.49. The lowest BCUT2D eigenvalue weighted by Crippen LogP contribution is -2.66. The van der Waals surface area contributed by atoms with Gasteiger partial charge in [-0.25, -0.2) is 4.79 Å². The molecule has 3 amide bonds. The molecule has 6 N–H and O–H groups in total. The number of ether oxygens (including phenoxy) is 6. The number of amides is 3. The number of nitrogens with two attached hydrogens (primary N) is 1. The third kappa shape index (κ3) is 9.00. The monoisotopic (exact) mass is 938 g/mol. The Morgan fingerprint density at radius 2 is 1.70 bits per heavy atom. The molecule has 354 valence electrons. The number of hydrogen-bond acceptors (Lipinski definition) is 14. The molecular formula is C44H60Cl2N4O14. The maximum atomic E-state index is 15.1. The van der Waals surface area contributed by atoms with Crippen molar-refractivity contribution in [2.75, 3.05) is 7.11 Å². The van der Waals surface area contributed by atoms with Crippen LogP contribution in [0.4, 0.5) is 4.79 Å². The number of H-pyrrole nitrogens is 1. The average Bonchev–Trinajstić information content (AvgIpc) is 3.63. The van der Waals surface area contributed by atoms with E-state index >= 15 is 4.79 Å². The van der Waals surface area contributed by atoms with Crippen LogP contribution in [0.15, 0.2) is 24.3 Å². The number of rotatable bonds is 12. The van der Waals surface area contributed by atoms with Crippen LogP contribution in [0.1, 0.15) is 83.9 Å². The number of Topliss-reactive ketones (excluding diaryl/α,β-unsaturated/α-hetero) is 2. The fourth-order valence-electron chi connectivity index (χ4n) is 10.5. The fraction of sp³-hybridized carbons (Fsp3) is 0.682. The van der Waals surface area contributed by atoms with Gasteiger partial charge in [-0.05, 0) is 58.3 Å². The van der Waals surface area contributed by atoms with Gasteiger partial charge in [0.15, 0.2) is 42.2 Å². The SMILES string of the molecule is C=C1CCC(OC2CC(O)(C(C)NC(=O)c3[nH]c(C)c(Cl)c3Cl)C(O)C(C)O2)C2C=CC(C)C(C(=O)C3C(=O)C(C(C)C)N(C4OC(C)C(OC(N)=O)C(OC(C)=O)C4OC)C3=O)C12. The molecule has 0 radical (unpaired) electrons. The van der Waals surface area contributed by atoms with Crippen LogP contribution in [0.5, 0.6) is 0 Å². The van der Waals surface area contributed by atoms with Crippen LogP contribution in [0.3, 0.4) is 0 Å². The molecular weight excluding hydrogens is 879 g/mol. The zero-order valence-corrected chi connectivity index (χ0v) is 38.9. The van der Waals surface area contributed by atoms with Gasteiger partial charge in [-0.3, -0.25) is 24.0 Å². The van der Waals surface area contributed by atoms with Crippen molar-refractivity contribution < 1.29 is 67.4 Å². The zero-order chi connectivity index (χ0) is 47.4. The number of likely N-dealkylation sites (tertiary alicyclic amines) is 1. The first-order valence-electron chi connectivity index (χ1n) is 21.6. The van der Waals surface area contributed by atoms with Crippen LogP contribution in [-0.4, -0.2) is 136 Å². The minimum Gasteiger partial charge on any atom is -0.455 e. The van der Waals surface area contributed by atoms with Crippen LogP contribution in [0, 0.1) is 42.4 Å². The standard InChI is InChI=1S/C44H60Cl2N4O14/c1-16(2)33-35(53)29(41(56)50(33)42-38(59-10)37(62-23(9)51)36(20(6)61-42)64-43(47)57)34(52)28-18(4)11-13-24-25(14-12-17(3)27(24)28)63-26-15-44(58,39(54)21(7)60-26)22(8)49-40(55)32-31(46)30(45)19(5)48-32/h11,13,16,18,20-22,24-29,33,36-39,42,48,54,58H,3,12,14-15H2,1-2,4-10H3,(H2,47,57)(H,49,55). The molecule has 6 rings (SSSR count). The second kappa shape index (κ2) is 19.1. The van der Waals surface area contributed by atoms with Crippen LogP contribution in [-0.2, 0) is 47.6 Å². The van der Waals surface area contributed by atoms with Gasteiger partial charge in [0.05, 0.1) is 40.4 Å². The molecule has 18 nitrogen and oxygen atoms in total. The van der Waals surface area contributed by atoms with Crippen LogP contribution in [0.25, 0.3) is 0 Å². The Bertz CT molecular complexity index is 2060. The third-order valence-electron chi connectivity index (χ3n) is 13.6. The van der Waals surface area contributed by atoms with Crippen LogP contribution in [0.2, 0.25) is 10.0 Å². The Morgan fingerprint density at radius 3 is 2.28 bits per heavy atom. The van der Waals surface area contributed by atoms with Crippen LogP contribution >= 0.6 is 23.2 Å². The van der Waals surface area contributed by atoms with E-state index in [2.05, 4.69) is 16.9 Å². The number of nitrogens with one attached hydrogen (secondary N) is 2. The van der Waals surface area contributed by atoms with E-state index in [9.17, 15) is 34.2 Å². The number of carbonyl (C=O) groups excluding carboxylic acids is 6. The maximum absolute atomic E-state index is 15.1. The van der Waals surface area contributed by atoms with Gasteiger partial charge in [0.1, 0.15) is 23.5 Å². The summed E-state index contributed by atoms with van der Waals surface area (Å²) in [4.78, 5) is 85.8. The number of fused-ring (bicyclic) bond motifs is 1. The first kappa shape index (κ1) is 49.6. The lowest BCUT2D eigenvalue weighted by molar-refractivity contribution is -0.296. The van der Waals surface area contributed by atoms with Crippen molar-refractivity contribution in [2.24, 2.45) is 41.2 Å². The third-order valence-corrected chi connectivity index (χ3v) is 14.6. The predicted octanol–water partition coefficient (Wildman–Crippen LogP) is 3.54. The van der Waals surface area contributed by atoms with E-state index in [0.717, 1.165) is 12.5 Å². The van der Waals surface area contributed by atoms with Crippen molar-refractivity contribution in [3.05, 3.63) is 45.7 Å². The summed E-state index contributed by atoms with van der Waals surface area (Å²) in [5.41, 5.74) is 4.62. The lowest BCUT2D eigenvalue weighted by Gasteiger charge is -2.50. The Labute approximate surface area is 381 Å². The van der Waals surface area contributed by atoms with E-state index in [1.54, 1.807) is 34.6 Å². The van der Waals surface area contributed by atoms with Crippen LogP contribution < -0.4 is 11.1 Å². The number of aryl methyl sites for hydroxylation is 1. The maximum Gasteiger partial charge on any atom is 0.405 e. The summed E-state index contributed by atoms with van der Waals surface area (Å²) in [6.45, 7) is 17.1. The number of primary amides is 1. The molecule has 4 fully saturated rings. The molecule has 0 aromatic carbocycles. The second-order valence-electron chi connectivity index (χ2n) is 18.2. The van der Waals surface area contributed by atoms with E-state index in [4.69, 9.17) is 57.4 Å². The number of carbonyl (C=O) groups is 6. The summed E-state index contributed by atoms with van der Waals surface area (Å²) in [5, 5.41) is 26.2. The van der Waals surface area contributed by atoms with E-state index in [1.807, 2.05) is 19.1 Å². The van der Waals surface area contributed by atoms with Gasteiger partial charge in [0.2, 0.25) is 5.91 Å². The second-order valence-corrected chi connectivity index (χ2v) is 18.9. The highest BCUT2D eigenvalue weighted by molar-refractivity contribution is 6.44. The van der Waals surface area contributed by atoms with E-state index in [0.29, 0.717) is 18.5 Å². The van der Waals surface area contributed by atoms with Crippen molar-refractivity contribution >= 4 is 58.6 Å². The summed E-state index contributed by atoms with van der Waals surface area (Å²) in [5.74, 6) is -8.00. The number of aliphatic hydroxyl groups is 2. The molecule has 3 saturated heterocycles. The Morgan fingerprint density at radius 1 is 1.03 bits per heavy atom. The summed E-state index contributed by atoms with van der Waals surface area (Å²) < 4.78 is 35.5. The molecule has 5 aliphatic rings. The van der Waals surface area contributed by atoms with Gasteiger partial charge >= 0.3 is 12.1 Å². The number of methoxy groups -OCH3 is 1. The van der Waals surface area contributed by atoms with Crippen molar-refractivity contribution in [2.45, 2.75) is 148 Å². The summed E-state index contributed by atoms with van der Waals surface area (Å²) >= 11 is 12.5. The van der Waals surface area contributed by atoms with Gasteiger partial charge < -0.3 is 59.6 Å². The number of ketones is 2. The number of nitrogens with zero attached hydrogens (tertiary/aromatic N) is 1. The van der Waals surface area contributed by atoms with E-state index in [-0.39, 0.29) is 22.2 Å². The number of allylic oxidation sites excluding steroid dienone is 2. The van der Waals surface area contributed by atoms with Crippen molar-refractivity contribution in [1.82, 2.24) is 15.2 Å². The molecule has 2 aliphatic carbocycles. The average molecular weight is 940 g/mol. The van der Waals surface area contributed by atoms with Crippen molar-refractivity contribution in [3.63, 3.8) is 0 Å². The molecule has 3 aliphatic heterocycles. The number of halogens is 2. The highest BCUT2D eigenvalue weighted by atomic mass is 35.5. The number of aromatic nitrogens is 1. The molecule has 0 bridgehead atoms. The Hall–Kier alpha value is -3.88. The first-order chi connectivity index (χ1) is 29.9. The van der Waals surface area contributed by atoms with Crippen molar-refractivity contribution in [1.29, 1.82) is 0 Å². The molecule has 0 spiro atoms. The summed E-state index contributed by atoms with van der Waals surface area (Å²) in [6.07, 6.45) is -6.90. The summed E-state index contributed by atoms with van der Waals surface area (Å²) in [7, 11) is 1.28. The van der Waals surface area contributed by atoms with E-state index < -0.39 is 144 Å². The van der Waals surface area contributed by atoms with Gasteiger partial charge in [0, 0.05) is 38.0 Å². The predicted molar refractivity (Wildman–Crippen MR) is 229 cm³/mol. The molecule has 1 saturated carbocycles. The number of aliphatic hydroxyl groups excluding tert-OH is 1. The van der Waals surface area contributed by atoms with Gasteiger partial charge in [0.25, 0.3) is 5.91 Å². The number of esters is 1. The fourth-order valence-corrected chi connectivity index (χ4v) is 10.9. The molecule has 4 heterocycles. The lowest BCUT2D eigenvalue weighted by atomic mass is 9.60. The topological polar surface area (TPSA) is 255 Å². The minimum atomic E-state index is -1.93. The summed E-state index contributed by atoms with van der Waals surface area (Å²) in [6, 6.07) is -2.18.